The van der Waals surface area contributed by atoms with Gasteiger partial charge < -0.3 is 10.2 Å². The summed E-state index contributed by atoms with van der Waals surface area (Å²) in [4.78, 5) is 2.52. The fourth-order valence-electron chi connectivity index (χ4n) is 2.87. The summed E-state index contributed by atoms with van der Waals surface area (Å²) in [6.45, 7) is 13.3. The van der Waals surface area contributed by atoms with Crippen molar-refractivity contribution < 1.29 is 0 Å². The second-order valence-corrected chi connectivity index (χ2v) is 8.78. The molecule has 2 unspecified atom stereocenters. The summed E-state index contributed by atoms with van der Waals surface area (Å²) in [7, 11) is 0. The summed E-state index contributed by atoms with van der Waals surface area (Å²) in [5, 5.41) is 5.73. The molecule has 118 valence electrons. The number of hydrogen-bond acceptors (Lipinski definition) is 3. The van der Waals surface area contributed by atoms with Crippen LogP contribution in [0.5, 0.6) is 0 Å². The molecule has 2 atom stereocenters. The first-order valence-electron chi connectivity index (χ1n) is 7.85. The minimum atomic E-state index is 0.666. The highest BCUT2D eigenvalue weighted by molar-refractivity contribution is 8.00. The third kappa shape index (κ3) is 5.08. The van der Waals surface area contributed by atoms with E-state index in [-0.39, 0.29) is 0 Å². The number of thioether (sulfide) groups is 1. The van der Waals surface area contributed by atoms with Crippen molar-refractivity contribution >= 4 is 29.1 Å². The van der Waals surface area contributed by atoms with Gasteiger partial charge in [0.1, 0.15) is 0 Å². The number of rotatable bonds is 5. The van der Waals surface area contributed by atoms with E-state index in [1.54, 1.807) is 0 Å². The van der Waals surface area contributed by atoms with Crippen molar-refractivity contribution in [3.63, 3.8) is 0 Å². The van der Waals surface area contributed by atoms with Gasteiger partial charge in [0.05, 0.1) is 0 Å². The second kappa shape index (κ2) is 7.75. The molecule has 0 radical (unpaired) electrons. The van der Waals surface area contributed by atoms with E-state index in [9.17, 15) is 0 Å². The lowest BCUT2D eigenvalue weighted by Gasteiger charge is -2.37. The Hall–Kier alpha value is -0.380. The van der Waals surface area contributed by atoms with E-state index in [2.05, 4.69) is 61.8 Å². The van der Waals surface area contributed by atoms with Crippen LogP contribution in [0.15, 0.2) is 18.2 Å². The number of benzene rings is 1. The standard InChI is InChI=1S/C17H27ClN2S/c1-12(2)8-19-9-15-7-16(18)5-6-17(15)20-10-13(3)21-14(4)11-20/h5-7,12-14,19H,8-11H2,1-4H3. The molecule has 4 heteroatoms. The number of nitrogens with one attached hydrogen (secondary N) is 1. The number of hydrogen-bond donors (Lipinski definition) is 1. The van der Waals surface area contributed by atoms with Crippen molar-refractivity contribution in [2.24, 2.45) is 5.92 Å². The lowest BCUT2D eigenvalue weighted by atomic mass is 10.1. The summed E-state index contributed by atoms with van der Waals surface area (Å²) in [5.74, 6) is 0.666. The summed E-state index contributed by atoms with van der Waals surface area (Å²) < 4.78 is 0. The zero-order valence-corrected chi connectivity index (χ0v) is 15.1. The highest BCUT2D eigenvalue weighted by atomic mass is 35.5. The smallest absolute Gasteiger partial charge is 0.0413 e. The number of halogens is 1. The molecule has 1 saturated heterocycles. The molecule has 1 N–H and O–H groups in total. The molecule has 1 aliphatic heterocycles. The van der Waals surface area contributed by atoms with Crippen LogP contribution in [0, 0.1) is 5.92 Å². The van der Waals surface area contributed by atoms with Gasteiger partial charge in [0.15, 0.2) is 0 Å². The third-order valence-electron chi connectivity index (χ3n) is 3.67. The Balaban J connectivity index is 2.13. The van der Waals surface area contributed by atoms with Gasteiger partial charge >= 0.3 is 0 Å². The van der Waals surface area contributed by atoms with Crippen LogP contribution < -0.4 is 10.2 Å². The minimum Gasteiger partial charge on any atom is -0.369 e. The van der Waals surface area contributed by atoms with E-state index in [1.807, 2.05) is 6.07 Å². The predicted molar refractivity (Wildman–Crippen MR) is 96.7 cm³/mol. The van der Waals surface area contributed by atoms with E-state index in [4.69, 9.17) is 11.6 Å². The summed E-state index contributed by atoms with van der Waals surface area (Å²) in [6, 6.07) is 6.31. The number of anilines is 1. The van der Waals surface area contributed by atoms with Crippen LogP contribution in [-0.4, -0.2) is 30.1 Å². The summed E-state index contributed by atoms with van der Waals surface area (Å²) >= 11 is 8.29. The minimum absolute atomic E-state index is 0.666. The SMILES string of the molecule is CC(C)CNCc1cc(Cl)ccc1N1CC(C)SC(C)C1. The van der Waals surface area contributed by atoms with Gasteiger partial charge in [-0.25, -0.2) is 0 Å². The fourth-order valence-corrected chi connectivity index (χ4v) is 4.39. The monoisotopic (exact) mass is 326 g/mol. The number of nitrogens with zero attached hydrogens (tertiary/aromatic N) is 1. The Morgan fingerprint density at radius 1 is 1.29 bits per heavy atom. The van der Waals surface area contributed by atoms with Crippen LogP contribution in [0.25, 0.3) is 0 Å². The predicted octanol–water partition coefficient (Wildman–Crippen LogP) is 4.42. The van der Waals surface area contributed by atoms with Crippen molar-refractivity contribution in [3.8, 4) is 0 Å². The molecule has 1 aromatic carbocycles. The molecule has 0 aliphatic carbocycles. The van der Waals surface area contributed by atoms with Crippen molar-refractivity contribution in [2.45, 2.75) is 44.7 Å². The molecule has 0 bridgehead atoms. The van der Waals surface area contributed by atoms with Gasteiger partial charge in [-0.15, -0.1) is 0 Å². The maximum Gasteiger partial charge on any atom is 0.0413 e. The molecular formula is C17H27ClN2S. The zero-order valence-electron chi connectivity index (χ0n) is 13.5. The summed E-state index contributed by atoms with van der Waals surface area (Å²) in [5.41, 5.74) is 2.66. The maximum absolute atomic E-state index is 6.20. The quantitative estimate of drug-likeness (QED) is 0.862. The Labute approximate surface area is 138 Å². The highest BCUT2D eigenvalue weighted by Crippen LogP contribution is 2.31. The normalized spacial score (nSPS) is 22.9. The van der Waals surface area contributed by atoms with Crippen LogP contribution in [0.4, 0.5) is 5.69 Å². The molecule has 2 nitrogen and oxygen atoms in total. The van der Waals surface area contributed by atoms with Crippen LogP contribution in [-0.2, 0) is 6.54 Å². The lowest BCUT2D eigenvalue weighted by Crippen LogP contribution is -2.41. The van der Waals surface area contributed by atoms with Gasteiger partial charge in [0.2, 0.25) is 0 Å². The van der Waals surface area contributed by atoms with Gasteiger partial charge in [0, 0.05) is 40.8 Å². The Morgan fingerprint density at radius 3 is 2.57 bits per heavy atom. The van der Waals surface area contributed by atoms with Crippen LogP contribution in [0.2, 0.25) is 5.02 Å². The second-order valence-electron chi connectivity index (χ2n) is 6.46. The molecular weight excluding hydrogens is 300 g/mol. The van der Waals surface area contributed by atoms with E-state index in [1.165, 1.54) is 11.3 Å². The topological polar surface area (TPSA) is 15.3 Å². The van der Waals surface area contributed by atoms with Gasteiger partial charge in [-0.2, -0.15) is 11.8 Å². The molecule has 1 heterocycles. The van der Waals surface area contributed by atoms with Crippen molar-refractivity contribution in [1.29, 1.82) is 0 Å². The largest absolute Gasteiger partial charge is 0.369 e. The van der Waals surface area contributed by atoms with Gasteiger partial charge in [-0.3, -0.25) is 0 Å². The third-order valence-corrected chi connectivity index (χ3v) is 5.13. The molecule has 0 saturated carbocycles. The Kier molecular flexibility index (Phi) is 6.27. The van der Waals surface area contributed by atoms with Crippen LogP contribution >= 0.6 is 23.4 Å². The zero-order chi connectivity index (χ0) is 15.4. The highest BCUT2D eigenvalue weighted by Gasteiger charge is 2.23. The molecule has 0 spiro atoms. The van der Waals surface area contributed by atoms with Gasteiger partial charge in [-0.1, -0.05) is 39.3 Å². The molecule has 0 amide bonds. The van der Waals surface area contributed by atoms with E-state index in [0.29, 0.717) is 16.4 Å². The van der Waals surface area contributed by atoms with Crippen LogP contribution in [0.3, 0.4) is 0 Å². The molecule has 1 aliphatic rings. The Morgan fingerprint density at radius 2 is 1.95 bits per heavy atom. The molecule has 2 rings (SSSR count). The van der Waals surface area contributed by atoms with E-state index in [0.717, 1.165) is 31.2 Å². The first kappa shape index (κ1) is 17.0. The fraction of sp³-hybridized carbons (Fsp3) is 0.647. The molecule has 1 fully saturated rings. The molecule has 0 aromatic heterocycles. The molecule has 1 aromatic rings. The van der Waals surface area contributed by atoms with Gasteiger partial charge in [-0.05, 0) is 36.2 Å². The average Bonchev–Trinajstić information content (AvgIpc) is 2.37. The molecule has 21 heavy (non-hydrogen) atoms. The van der Waals surface area contributed by atoms with Crippen molar-refractivity contribution in [3.05, 3.63) is 28.8 Å². The first-order chi connectivity index (χ1) is 9.95. The summed E-state index contributed by atoms with van der Waals surface area (Å²) in [6.07, 6.45) is 0. The first-order valence-corrected chi connectivity index (χ1v) is 9.17. The van der Waals surface area contributed by atoms with E-state index >= 15 is 0 Å². The van der Waals surface area contributed by atoms with Crippen LogP contribution in [0.1, 0.15) is 33.3 Å². The Bertz CT molecular complexity index is 454. The van der Waals surface area contributed by atoms with Gasteiger partial charge in [0.25, 0.3) is 0 Å². The lowest BCUT2D eigenvalue weighted by molar-refractivity contribution is 0.551. The maximum atomic E-state index is 6.20. The average molecular weight is 327 g/mol. The van der Waals surface area contributed by atoms with Crippen molar-refractivity contribution in [1.82, 2.24) is 5.32 Å². The van der Waals surface area contributed by atoms with Crippen molar-refractivity contribution in [2.75, 3.05) is 24.5 Å². The van der Waals surface area contributed by atoms with E-state index < -0.39 is 0 Å².